The van der Waals surface area contributed by atoms with Crippen LogP contribution in [0.3, 0.4) is 0 Å². The summed E-state index contributed by atoms with van der Waals surface area (Å²) in [4.78, 5) is 18.0. The lowest BCUT2D eigenvalue weighted by Gasteiger charge is -1.99. The van der Waals surface area contributed by atoms with Crippen molar-refractivity contribution >= 4 is 17.2 Å². The number of halogens is 1. The second kappa shape index (κ2) is 4.22. The smallest absolute Gasteiger partial charge is 0.268 e. The monoisotopic (exact) mass is 225 g/mol. The molecule has 2 N–H and O–H groups in total. The quantitative estimate of drug-likeness (QED) is 0.832. The summed E-state index contributed by atoms with van der Waals surface area (Å²) in [7, 11) is 0. The number of thiazole rings is 1. The predicted octanol–water partition coefficient (Wildman–Crippen LogP) is 1.54. The second-order valence-corrected chi connectivity index (χ2v) is 3.82. The first kappa shape index (κ1) is 9.85. The number of nitrogens with zero attached hydrogens (tertiary/aromatic N) is 1. The summed E-state index contributed by atoms with van der Waals surface area (Å²) < 4.78 is 12.6. The Balaban J connectivity index is 1.93. The Labute approximate surface area is 89.2 Å². The van der Waals surface area contributed by atoms with Gasteiger partial charge in [-0.05, 0) is 0 Å². The van der Waals surface area contributed by atoms with E-state index < -0.39 is 5.82 Å². The normalized spacial score (nSPS) is 10.2. The molecule has 2 heterocycles. The molecule has 2 rings (SSSR count). The molecule has 0 spiro atoms. The van der Waals surface area contributed by atoms with Gasteiger partial charge in [-0.1, -0.05) is 0 Å². The Kier molecular flexibility index (Phi) is 2.77. The number of hydrogen-bond donors (Lipinski definition) is 2. The Morgan fingerprint density at radius 1 is 1.67 bits per heavy atom. The van der Waals surface area contributed by atoms with Gasteiger partial charge in [-0.25, -0.2) is 9.37 Å². The number of aromatic nitrogens is 2. The average molecular weight is 225 g/mol. The lowest BCUT2D eigenvalue weighted by atomic mass is 10.4. The summed E-state index contributed by atoms with van der Waals surface area (Å²) >= 11 is 1.46. The summed E-state index contributed by atoms with van der Waals surface area (Å²) in [6, 6.07) is 1.15. The summed E-state index contributed by atoms with van der Waals surface area (Å²) in [5.74, 6) is -0.788. The van der Waals surface area contributed by atoms with Crippen LogP contribution in [0.15, 0.2) is 23.8 Å². The summed E-state index contributed by atoms with van der Waals surface area (Å²) in [6.45, 7) is 0.358. The molecule has 0 bridgehead atoms. The van der Waals surface area contributed by atoms with E-state index in [2.05, 4.69) is 15.3 Å². The van der Waals surface area contributed by atoms with Gasteiger partial charge in [-0.3, -0.25) is 4.79 Å². The molecule has 0 aliphatic carbocycles. The molecule has 0 fully saturated rings. The molecule has 0 atom stereocenters. The van der Waals surface area contributed by atoms with Crippen LogP contribution in [0.5, 0.6) is 0 Å². The van der Waals surface area contributed by atoms with E-state index in [0.717, 1.165) is 17.3 Å². The number of H-pyrrole nitrogens is 1. The molecule has 1 amide bonds. The Morgan fingerprint density at radius 3 is 3.13 bits per heavy atom. The second-order valence-electron chi connectivity index (χ2n) is 2.84. The van der Waals surface area contributed by atoms with Gasteiger partial charge in [-0.15, -0.1) is 11.3 Å². The fourth-order valence-corrected chi connectivity index (χ4v) is 1.65. The predicted molar refractivity (Wildman–Crippen MR) is 54.0 cm³/mol. The summed E-state index contributed by atoms with van der Waals surface area (Å²) in [6.07, 6.45) is 2.80. The van der Waals surface area contributed by atoms with Crippen LogP contribution in [0.25, 0.3) is 0 Å². The maximum atomic E-state index is 12.6. The molecule has 6 heteroatoms. The third kappa shape index (κ3) is 2.41. The molecule has 0 saturated heterocycles. The molecule has 0 aliphatic heterocycles. The Hall–Kier alpha value is -1.69. The van der Waals surface area contributed by atoms with Gasteiger partial charge < -0.3 is 10.3 Å². The Bertz CT molecular complexity index is 452. The first-order valence-electron chi connectivity index (χ1n) is 4.26. The zero-order chi connectivity index (χ0) is 10.7. The molecule has 0 aromatic carbocycles. The molecule has 4 nitrogen and oxygen atoms in total. The molecule has 15 heavy (non-hydrogen) atoms. The number of aromatic amines is 1. The van der Waals surface area contributed by atoms with E-state index >= 15 is 0 Å². The van der Waals surface area contributed by atoms with Crippen molar-refractivity contribution in [3.63, 3.8) is 0 Å². The molecule has 2 aromatic heterocycles. The van der Waals surface area contributed by atoms with Gasteiger partial charge in [0, 0.05) is 23.8 Å². The maximum Gasteiger partial charge on any atom is 0.268 e. The fourth-order valence-electron chi connectivity index (χ4n) is 1.09. The van der Waals surface area contributed by atoms with Crippen LogP contribution in [-0.2, 0) is 6.54 Å². The summed E-state index contributed by atoms with van der Waals surface area (Å²) in [5, 5.41) is 5.27. The zero-order valence-corrected chi connectivity index (χ0v) is 8.47. The van der Waals surface area contributed by atoms with Crippen LogP contribution >= 0.6 is 11.3 Å². The third-order valence-electron chi connectivity index (χ3n) is 1.78. The molecular weight excluding hydrogens is 217 g/mol. The standard InChI is InChI=1S/C9H8FN3OS/c10-6-3-7(12-4-6)9(14)13-5-8-11-1-2-15-8/h1-4,12H,5H2,(H,13,14). The van der Waals surface area contributed by atoms with Gasteiger partial charge in [0.05, 0.1) is 6.54 Å². The number of nitrogens with one attached hydrogen (secondary N) is 2. The van der Waals surface area contributed by atoms with Crippen molar-refractivity contribution in [2.45, 2.75) is 6.54 Å². The van der Waals surface area contributed by atoms with Gasteiger partial charge in [0.2, 0.25) is 0 Å². The van der Waals surface area contributed by atoms with E-state index in [4.69, 9.17) is 0 Å². The Morgan fingerprint density at radius 2 is 2.53 bits per heavy atom. The van der Waals surface area contributed by atoms with Gasteiger partial charge in [0.1, 0.15) is 16.5 Å². The van der Waals surface area contributed by atoms with Crippen molar-refractivity contribution in [3.05, 3.63) is 40.4 Å². The zero-order valence-electron chi connectivity index (χ0n) is 7.66. The lowest BCUT2D eigenvalue weighted by molar-refractivity contribution is 0.0946. The van der Waals surface area contributed by atoms with Crippen molar-refractivity contribution in [2.24, 2.45) is 0 Å². The van der Waals surface area contributed by atoms with E-state index in [1.807, 2.05) is 5.38 Å². The van der Waals surface area contributed by atoms with Crippen molar-refractivity contribution in [3.8, 4) is 0 Å². The highest BCUT2D eigenvalue weighted by Gasteiger charge is 2.08. The van der Waals surface area contributed by atoms with E-state index in [1.54, 1.807) is 6.20 Å². The van der Waals surface area contributed by atoms with Crippen molar-refractivity contribution in [1.29, 1.82) is 0 Å². The highest BCUT2D eigenvalue weighted by atomic mass is 32.1. The van der Waals surface area contributed by atoms with Gasteiger partial charge in [0.25, 0.3) is 5.91 Å². The molecule has 2 aromatic rings. The minimum atomic E-state index is -0.450. The molecule has 0 radical (unpaired) electrons. The summed E-state index contributed by atoms with van der Waals surface area (Å²) in [5.41, 5.74) is 0.212. The lowest BCUT2D eigenvalue weighted by Crippen LogP contribution is -2.22. The van der Waals surface area contributed by atoms with Crippen molar-refractivity contribution < 1.29 is 9.18 Å². The molecule has 0 aliphatic rings. The fraction of sp³-hybridized carbons (Fsp3) is 0.111. The van der Waals surface area contributed by atoms with E-state index in [-0.39, 0.29) is 11.6 Å². The van der Waals surface area contributed by atoms with Gasteiger partial charge in [-0.2, -0.15) is 0 Å². The van der Waals surface area contributed by atoms with E-state index in [0.29, 0.717) is 6.54 Å². The molecule has 0 unspecified atom stereocenters. The van der Waals surface area contributed by atoms with Crippen LogP contribution < -0.4 is 5.32 Å². The number of hydrogen-bond acceptors (Lipinski definition) is 3. The topological polar surface area (TPSA) is 57.8 Å². The third-order valence-corrected chi connectivity index (χ3v) is 2.56. The average Bonchev–Trinajstić information content (AvgIpc) is 2.84. The van der Waals surface area contributed by atoms with Gasteiger partial charge >= 0.3 is 0 Å². The van der Waals surface area contributed by atoms with Gasteiger partial charge in [0.15, 0.2) is 0 Å². The molecule has 0 saturated carbocycles. The number of carbonyl (C=O) groups excluding carboxylic acids is 1. The van der Waals surface area contributed by atoms with E-state index in [9.17, 15) is 9.18 Å². The number of rotatable bonds is 3. The molecule has 78 valence electrons. The van der Waals surface area contributed by atoms with Crippen molar-refractivity contribution in [2.75, 3.05) is 0 Å². The minimum Gasteiger partial charge on any atom is -0.355 e. The molecular formula is C9H8FN3OS. The van der Waals surface area contributed by atoms with Crippen LogP contribution in [0, 0.1) is 5.82 Å². The maximum absolute atomic E-state index is 12.6. The van der Waals surface area contributed by atoms with Crippen LogP contribution in [0.2, 0.25) is 0 Å². The van der Waals surface area contributed by atoms with E-state index in [1.165, 1.54) is 11.3 Å². The van der Waals surface area contributed by atoms with Crippen LogP contribution in [0.1, 0.15) is 15.5 Å². The largest absolute Gasteiger partial charge is 0.355 e. The van der Waals surface area contributed by atoms with Crippen molar-refractivity contribution in [1.82, 2.24) is 15.3 Å². The number of carbonyl (C=O) groups is 1. The first-order chi connectivity index (χ1) is 7.25. The first-order valence-corrected chi connectivity index (χ1v) is 5.14. The van der Waals surface area contributed by atoms with Crippen LogP contribution in [0.4, 0.5) is 4.39 Å². The highest BCUT2D eigenvalue weighted by molar-refractivity contribution is 7.09. The SMILES string of the molecule is O=C(NCc1nccs1)c1cc(F)c[nH]1. The number of amides is 1. The van der Waals surface area contributed by atoms with Crippen LogP contribution in [-0.4, -0.2) is 15.9 Å². The highest BCUT2D eigenvalue weighted by Crippen LogP contribution is 2.04. The minimum absolute atomic E-state index is 0.212.